The molecule has 2 heterocycles. The maximum Gasteiger partial charge on any atom is 0.410 e. The fraction of sp³-hybridized carbons (Fsp3) is 0.944. The zero-order valence-corrected chi connectivity index (χ0v) is 15.4. The molecule has 0 aromatic carbocycles. The van der Waals surface area contributed by atoms with Gasteiger partial charge < -0.3 is 20.5 Å². The van der Waals surface area contributed by atoms with Crippen LogP contribution in [0.5, 0.6) is 0 Å². The molecule has 2 bridgehead atoms. The van der Waals surface area contributed by atoms with Gasteiger partial charge in [0, 0.05) is 19.4 Å². The number of ether oxygens (including phenoxy) is 1. The lowest BCUT2D eigenvalue weighted by atomic mass is 9.57. The molecular formula is C18H30F2N2O3. The smallest absolute Gasteiger partial charge is 0.410 e. The Morgan fingerprint density at radius 2 is 1.80 bits per heavy atom. The van der Waals surface area contributed by atoms with Gasteiger partial charge in [-0.05, 0) is 58.8 Å². The van der Waals surface area contributed by atoms with E-state index >= 15 is 0 Å². The summed E-state index contributed by atoms with van der Waals surface area (Å²) in [6, 6.07) is -0.371. The number of hydrogen-bond acceptors (Lipinski definition) is 4. The fourth-order valence-electron chi connectivity index (χ4n) is 4.88. The van der Waals surface area contributed by atoms with Crippen molar-refractivity contribution in [3.05, 3.63) is 0 Å². The summed E-state index contributed by atoms with van der Waals surface area (Å²) in [6.45, 7) is 5.98. The molecule has 0 aromatic rings. The Morgan fingerprint density at radius 1 is 1.20 bits per heavy atom. The number of halogens is 2. The predicted molar refractivity (Wildman–Crippen MR) is 89.4 cm³/mol. The van der Waals surface area contributed by atoms with Crippen molar-refractivity contribution >= 4 is 6.09 Å². The molecule has 1 amide bonds. The van der Waals surface area contributed by atoms with Crippen molar-refractivity contribution in [1.29, 1.82) is 0 Å². The number of nitrogens with zero attached hydrogens (tertiary/aromatic N) is 1. The average Bonchev–Trinajstić information content (AvgIpc) is 2.49. The Bertz CT molecular complexity index is 539. The quantitative estimate of drug-likeness (QED) is 0.754. The van der Waals surface area contributed by atoms with Crippen molar-refractivity contribution < 1.29 is 23.4 Å². The minimum absolute atomic E-state index is 0.0259. The molecule has 4 rings (SSSR count). The monoisotopic (exact) mass is 360 g/mol. The van der Waals surface area contributed by atoms with E-state index in [1.807, 2.05) is 0 Å². The second kappa shape index (κ2) is 5.78. The van der Waals surface area contributed by atoms with Crippen LogP contribution in [0.15, 0.2) is 0 Å². The molecule has 3 N–H and O–H groups in total. The van der Waals surface area contributed by atoms with Crippen LogP contribution in [0.3, 0.4) is 0 Å². The van der Waals surface area contributed by atoms with E-state index in [-0.39, 0.29) is 37.6 Å². The molecule has 3 unspecified atom stereocenters. The van der Waals surface area contributed by atoms with E-state index in [1.54, 1.807) is 25.7 Å². The van der Waals surface area contributed by atoms with Crippen LogP contribution in [0.25, 0.3) is 0 Å². The maximum absolute atomic E-state index is 13.6. The number of alkyl halides is 2. The Labute approximate surface area is 147 Å². The number of hydrogen-bond donors (Lipinski definition) is 2. The molecule has 0 aromatic heterocycles. The van der Waals surface area contributed by atoms with Crippen LogP contribution in [-0.4, -0.2) is 51.3 Å². The molecule has 2 saturated heterocycles. The zero-order chi connectivity index (χ0) is 18.7. The Balaban J connectivity index is 1.83. The molecule has 144 valence electrons. The molecule has 4 fully saturated rings. The molecule has 0 radical (unpaired) electrons. The topological polar surface area (TPSA) is 75.8 Å². The van der Waals surface area contributed by atoms with Gasteiger partial charge in [-0.15, -0.1) is 0 Å². The van der Waals surface area contributed by atoms with Crippen LogP contribution in [0.1, 0.15) is 65.7 Å². The third kappa shape index (κ3) is 3.37. The van der Waals surface area contributed by atoms with Crippen LogP contribution in [0, 0.1) is 5.92 Å². The zero-order valence-electron chi connectivity index (χ0n) is 15.4. The normalized spacial score (nSPS) is 37.0. The molecule has 25 heavy (non-hydrogen) atoms. The van der Waals surface area contributed by atoms with Gasteiger partial charge in [-0.25, -0.2) is 13.6 Å². The third-order valence-corrected chi connectivity index (χ3v) is 6.20. The minimum Gasteiger partial charge on any atom is -0.444 e. The molecule has 2 aliphatic carbocycles. The van der Waals surface area contributed by atoms with Crippen LogP contribution in [-0.2, 0) is 4.74 Å². The van der Waals surface area contributed by atoms with Gasteiger partial charge in [0.2, 0.25) is 5.92 Å². The summed E-state index contributed by atoms with van der Waals surface area (Å²) in [5.41, 5.74) is 3.66. The highest BCUT2D eigenvalue weighted by atomic mass is 19.3. The van der Waals surface area contributed by atoms with Gasteiger partial charge in [-0.2, -0.15) is 0 Å². The van der Waals surface area contributed by atoms with E-state index in [4.69, 9.17) is 10.5 Å². The number of carbonyl (C=O) groups is 1. The fourth-order valence-corrected chi connectivity index (χ4v) is 4.88. The first kappa shape index (κ1) is 18.8. The number of nitrogens with two attached hydrogens (primary N) is 1. The number of carbonyl (C=O) groups excluding carboxylic acids is 1. The lowest BCUT2D eigenvalue weighted by molar-refractivity contribution is -0.172. The summed E-state index contributed by atoms with van der Waals surface area (Å²) in [7, 11) is 0. The van der Waals surface area contributed by atoms with E-state index < -0.39 is 28.8 Å². The van der Waals surface area contributed by atoms with E-state index in [9.17, 15) is 18.7 Å². The molecular weight excluding hydrogens is 330 g/mol. The Hall–Kier alpha value is -0.950. The summed E-state index contributed by atoms with van der Waals surface area (Å²) in [5.74, 6) is -2.56. The first-order valence-electron chi connectivity index (χ1n) is 9.24. The standard InChI is InChI=1S/C18H30F2N2O3/c1-15(2,3)25-14(23)22-11-12-4-5-13(22)18(21,10-12)16(24)6-8-17(19,20)9-7-16/h12-13,24H,4-11,21H2,1-3H3. The highest BCUT2D eigenvalue weighted by Gasteiger charge is 2.62. The largest absolute Gasteiger partial charge is 0.444 e. The van der Waals surface area contributed by atoms with Crippen molar-refractivity contribution in [3.8, 4) is 0 Å². The van der Waals surface area contributed by atoms with Gasteiger partial charge in [0.05, 0.1) is 17.2 Å². The van der Waals surface area contributed by atoms with Crippen LogP contribution < -0.4 is 5.73 Å². The average molecular weight is 360 g/mol. The van der Waals surface area contributed by atoms with E-state index in [0.717, 1.165) is 6.42 Å². The first-order valence-corrected chi connectivity index (χ1v) is 9.24. The number of rotatable bonds is 1. The molecule has 5 nitrogen and oxygen atoms in total. The minimum atomic E-state index is -2.73. The van der Waals surface area contributed by atoms with Crippen LogP contribution in [0.2, 0.25) is 0 Å². The van der Waals surface area contributed by atoms with Crippen molar-refractivity contribution in [2.45, 2.75) is 94.4 Å². The second-order valence-corrected chi connectivity index (χ2v) is 9.22. The second-order valence-electron chi connectivity index (χ2n) is 9.22. The summed E-state index contributed by atoms with van der Waals surface area (Å²) < 4.78 is 32.7. The van der Waals surface area contributed by atoms with Crippen LogP contribution >= 0.6 is 0 Å². The van der Waals surface area contributed by atoms with E-state index in [2.05, 4.69) is 0 Å². The molecule has 0 spiro atoms. The molecule has 7 heteroatoms. The highest BCUT2D eigenvalue weighted by molar-refractivity contribution is 5.69. The van der Waals surface area contributed by atoms with Gasteiger partial charge in [-0.3, -0.25) is 0 Å². The first-order chi connectivity index (χ1) is 11.4. The predicted octanol–water partition coefficient (Wildman–Crippen LogP) is 3.04. The van der Waals surface area contributed by atoms with Gasteiger partial charge >= 0.3 is 6.09 Å². The molecule has 2 aliphatic heterocycles. The number of amides is 1. The van der Waals surface area contributed by atoms with Gasteiger partial charge in [0.25, 0.3) is 0 Å². The summed E-state index contributed by atoms with van der Waals surface area (Å²) >= 11 is 0. The van der Waals surface area contributed by atoms with E-state index in [0.29, 0.717) is 19.4 Å². The summed E-state index contributed by atoms with van der Waals surface area (Å²) in [5, 5.41) is 11.2. The van der Waals surface area contributed by atoms with Crippen LogP contribution in [0.4, 0.5) is 13.6 Å². The molecule has 4 aliphatic rings. The molecule has 2 saturated carbocycles. The highest BCUT2D eigenvalue weighted by Crippen LogP contribution is 2.52. The summed E-state index contributed by atoms with van der Waals surface area (Å²) in [6.07, 6.45) is 0.997. The lowest BCUT2D eigenvalue weighted by Crippen LogP contribution is -2.77. The Kier molecular flexibility index (Phi) is 4.35. The van der Waals surface area contributed by atoms with Gasteiger partial charge in [0.15, 0.2) is 0 Å². The Morgan fingerprint density at radius 3 is 2.32 bits per heavy atom. The number of aliphatic hydroxyl groups is 1. The van der Waals surface area contributed by atoms with Gasteiger partial charge in [0.1, 0.15) is 5.60 Å². The van der Waals surface area contributed by atoms with Crippen molar-refractivity contribution in [2.75, 3.05) is 6.54 Å². The van der Waals surface area contributed by atoms with E-state index in [1.165, 1.54) is 0 Å². The lowest BCUT2D eigenvalue weighted by Gasteiger charge is -2.61. The number of piperidine rings is 2. The third-order valence-electron chi connectivity index (χ3n) is 6.20. The van der Waals surface area contributed by atoms with Crippen molar-refractivity contribution in [2.24, 2.45) is 11.7 Å². The maximum atomic E-state index is 13.6. The van der Waals surface area contributed by atoms with Crippen molar-refractivity contribution in [1.82, 2.24) is 4.90 Å². The van der Waals surface area contributed by atoms with Gasteiger partial charge in [-0.1, -0.05) is 0 Å². The summed E-state index contributed by atoms with van der Waals surface area (Å²) in [4.78, 5) is 14.3. The molecule has 3 atom stereocenters. The van der Waals surface area contributed by atoms with Crippen molar-refractivity contribution in [3.63, 3.8) is 0 Å². The SMILES string of the molecule is CC(C)(C)OC(=O)N1CC2CCC1C(N)(C1(O)CCC(F)(F)CC1)C2. The number of fused-ring (bicyclic) bond motifs is 3.